The zero-order valence-corrected chi connectivity index (χ0v) is 20.7. The summed E-state index contributed by atoms with van der Waals surface area (Å²) < 4.78 is 0. The molecule has 5 heteroatoms. The van der Waals surface area contributed by atoms with Crippen molar-refractivity contribution in [3.05, 3.63) is 71.8 Å². The van der Waals surface area contributed by atoms with Gasteiger partial charge in [-0.2, -0.15) is 0 Å². The van der Waals surface area contributed by atoms with Crippen molar-refractivity contribution in [2.75, 3.05) is 26.2 Å². The van der Waals surface area contributed by atoms with Crippen molar-refractivity contribution in [1.82, 2.24) is 15.1 Å². The molecule has 0 unspecified atom stereocenters. The highest BCUT2D eigenvalue weighted by atomic mass is 16.2. The van der Waals surface area contributed by atoms with Crippen LogP contribution in [0.1, 0.15) is 69.0 Å². The first-order chi connectivity index (χ1) is 16.6. The van der Waals surface area contributed by atoms with Gasteiger partial charge in [0.1, 0.15) is 0 Å². The van der Waals surface area contributed by atoms with E-state index in [-0.39, 0.29) is 29.8 Å². The van der Waals surface area contributed by atoms with Crippen LogP contribution in [0.25, 0.3) is 0 Å². The standard InChI is InChI=1S/C29H39N3O2/c1-3-26(24-14-8-5-9-15-24)29(34)32-20-18-31(19-21-32)27(25-16-10-11-17-25)28(33)30-22(2)23-12-6-4-7-13-23/h4-9,12-15,22,25-27H,3,10-11,16-21H2,1-2H3,(H,30,33)/t22-,26+,27-/m1/s1. The van der Waals surface area contributed by atoms with E-state index in [1.54, 1.807) is 0 Å². The van der Waals surface area contributed by atoms with Gasteiger partial charge in [-0.3, -0.25) is 14.5 Å². The first kappa shape index (κ1) is 24.5. The molecular formula is C29H39N3O2. The molecule has 1 aliphatic heterocycles. The monoisotopic (exact) mass is 461 g/mol. The van der Waals surface area contributed by atoms with Crippen LogP contribution in [0.2, 0.25) is 0 Å². The quantitative estimate of drug-likeness (QED) is 0.617. The van der Waals surface area contributed by atoms with Crippen molar-refractivity contribution in [1.29, 1.82) is 0 Å². The van der Waals surface area contributed by atoms with Gasteiger partial charge in [0, 0.05) is 26.2 Å². The van der Waals surface area contributed by atoms with Crippen LogP contribution in [0.3, 0.4) is 0 Å². The average molecular weight is 462 g/mol. The van der Waals surface area contributed by atoms with Crippen molar-refractivity contribution in [2.24, 2.45) is 5.92 Å². The molecule has 0 aromatic heterocycles. The Morgan fingerprint density at radius 1 is 0.882 bits per heavy atom. The molecule has 5 nitrogen and oxygen atoms in total. The molecule has 34 heavy (non-hydrogen) atoms. The second-order valence-electron chi connectivity index (χ2n) is 9.86. The second kappa shape index (κ2) is 11.7. The van der Waals surface area contributed by atoms with Gasteiger partial charge in [-0.1, -0.05) is 80.4 Å². The number of piperazine rings is 1. The van der Waals surface area contributed by atoms with E-state index in [1.807, 2.05) is 41.3 Å². The number of hydrogen-bond acceptors (Lipinski definition) is 3. The molecule has 182 valence electrons. The van der Waals surface area contributed by atoms with E-state index >= 15 is 0 Å². The van der Waals surface area contributed by atoms with Gasteiger partial charge in [-0.05, 0) is 43.2 Å². The lowest BCUT2D eigenvalue weighted by Crippen LogP contribution is -2.58. The van der Waals surface area contributed by atoms with Crippen LogP contribution in [-0.4, -0.2) is 53.8 Å². The van der Waals surface area contributed by atoms with Gasteiger partial charge < -0.3 is 10.2 Å². The molecule has 1 saturated heterocycles. The lowest BCUT2D eigenvalue weighted by Gasteiger charge is -2.42. The third-order valence-electron chi connectivity index (χ3n) is 7.70. The maximum Gasteiger partial charge on any atom is 0.238 e. The van der Waals surface area contributed by atoms with Crippen LogP contribution in [0, 0.1) is 5.92 Å². The van der Waals surface area contributed by atoms with Crippen molar-refractivity contribution in [3.8, 4) is 0 Å². The number of benzene rings is 2. The van der Waals surface area contributed by atoms with E-state index in [0.29, 0.717) is 19.0 Å². The van der Waals surface area contributed by atoms with E-state index in [1.165, 1.54) is 12.8 Å². The number of rotatable bonds is 8. The highest BCUT2D eigenvalue weighted by Crippen LogP contribution is 2.32. The smallest absolute Gasteiger partial charge is 0.238 e. The Bertz CT molecular complexity index is 919. The van der Waals surface area contributed by atoms with Crippen LogP contribution >= 0.6 is 0 Å². The lowest BCUT2D eigenvalue weighted by atomic mass is 9.93. The van der Waals surface area contributed by atoms with E-state index in [4.69, 9.17) is 0 Å². The summed E-state index contributed by atoms with van der Waals surface area (Å²) in [5, 5.41) is 3.29. The fourth-order valence-electron chi connectivity index (χ4n) is 5.75. The number of hydrogen-bond donors (Lipinski definition) is 1. The van der Waals surface area contributed by atoms with Crippen molar-refractivity contribution >= 4 is 11.8 Å². The summed E-state index contributed by atoms with van der Waals surface area (Å²) in [6.07, 6.45) is 5.44. The van der Waals surface area contributed by atoms with E-state index < -0.39 is 0 Å². The summed E-state index contributed by atoms with van der Waals surface area (Å²) >= 11 is 0. The molecule has 2 fully saturated rings. The van der Waals surface area contributed by atoms with E-state index in [9.17, 15) is 9.59 Å². The van der Waals surface area contributed by atoms with Crippen molar-refractivity contribution < 1.29 is 9.59 Å². The van der Waals surface area contributed by atoms with Gasteiger partial charge in [-0.15, -0.1) is 0 Å². The first-order valence-electron chi connectivity index (χ1n) is 13.0. The van der Waals surface area contributed by atoms with E-state index in [0.717, 1.165) is 43.5 Å². The molecule has 1 aliphatic carbocycles. The molecule has 1 heterocycles. The minimum absolute atomic E-state index is 0.0170. The zero-order valence-electron chi connectivity index (χ0n) is 20.7. The minimum Gasteiger partial charge on any atom is -0.348 e. The molecule has 1 N–H and O–H groups in total. The number of nitrogens with one attached hydrogen (secondary N) is 1. The summed E-state index contributed by atoms with van der Waals surface area (Å²) in [7, 11) is 0. The summed E-state index contributed by atoms with van der Waals surface area (Å²) in [6, 6.07) is 20.1. The normalized spacial score (nSPS) is 20.0. The Labute approximate surface area is 204 Å². The van der Waals surface area contributed by atoms with Gasteiger partial charge >= 0.3 is 0 Å². The first-order valence-corrected chi connectivity index (χ1v) is 13.0. The number of carbonyl (C=O) groups is 2. The fourth-order valence-corrected chi connectivity index (χ4v) is 5.75. The molecule has 0 radical (unpaired) electrons. The van der Waals surface area contributed by atoms with Crippen LogP contribution in [-0.2, 0) is 9.59 Å². The van der Waals surface area contributed by atoms with Gasteiger partial charge in [0.15, 0.2) is 0 Å². The molecule has 4 rings (SSSR count). The van der Waals surface area contributed by atoms with Gasteiger partial charge in [0.05, 0.1) is 18.0 Å². The largest absolute Gasteiger partial charge is 0.348 e. The molecule has 2 aromatic carbocycles. The third kappa shape index (κ3) is 5.69. The Morgan fingerprint density at radius 2 is 1.44 bits per heavy atom. The number of carbonyl (C=O) groups excluding carboxylic acids is 2. The highest BCUT2D eigenvalue weighted by molar-refractivity contribution is 5.84. The summed E-state index contributed by atoms with van der Waals surface area (Å²) in [5.74, 6) is 0.665. The third-order valence-corrected chi connectivity index (χ3v) is 7.70. The predicted molar refractivity (Wildman–Crippen MR) is 136 cm³/mol. The Kier molecular flexibility index (Phi) is 8.39. The predicted octanol–water partition coefficient (Wildman–Crippen LogP) is 4.76. The maximum atomic E-state index is 13.5. The minimum atomic E-state index is -0.109. The van der Waals surface area contributed by atoms with Crippen molar-refractivity contribution in [2.45, 2.75) is 64.0 Å². The molecule has 0 bridgehead atoms. The van der Waals surface area contributed by atoms with Crippen LogP contribution < -0.4 is 5.32 Å². The number of amides is 2. The summed E-state index contributed by atoms with van der Waals surface area (Å²) in [5.41, 5.74) is 2.22. The Hall–Kier alpha value is -2.66. The van der Waals surface area contributed by atoms with Gasteiger partial charge in [-0.25, -0.2) is 0 Å². The second-order valence-corrected chi connectivity index (χ2v) is 9.86. The van der Waals surface area contributed by atoms with Gasteiger partial charge in [0.2, 0.25) is 11.8 Å². The van der Waals surface area contributed by atoms with Crippen molar-refractivity contribution in [3.63, 3.8) is 0 Å². The Morgan fingerprint density at radius 3 is 2.00 bits per heavy atom. The van der Waals surface area contributed by atoms with Crippen LogP contribution in [0.4, 0.5) is 0 Å². The summed E-state index contributed by atoms with van der Waals surface area (Å²) in [4.78, 5) is 31.2. The molecule has 2 aromatic rings. The maximum absolute atomic E-state index is 13.5. The summed E-state index contributed by atoms with van der Waals surface area (Å²) in [6.45, 7) is 7.03. The zero-order chi connectivity index (χ0) is 23.9. The molecule has 2 amide bonds. The van der Waals surface area contributed by atoms with Gasteiger partial charge in [0.25, 0.3) is 0 Å². The lowest BCUT2D eigenvalue weighted by molar-refractivity contribution is -0.136. The fraction of sp³-hybridized carbons (Fsp3) is 0.517. The topological polar surface area (TPSA) is 52.7 Å². The molecule has 3 atom stereocenters. The molecule has 2 aliphatic rings. The Balaban J connectivity index is 1.41. The average Bonchev–Trinajstić information content (AvgIpc) is 3.40. The SMILES string of the molecule is CC[C@H](C(=O)N1CCN([C@@H](C(=O)N[C@H](C)c2ccccc2)C2CCCC2)CC1)c1ccccc1. The molecule has 1 saturated carbocycles. The molecule has 0 spiro atoms. The van der Waals surface area contributed by atoms with E-state index in [2.05, 4.69) is 48.3 Å². The highest BCUT2D eigenvalue weighted by Gasteiger charge is 2.38. The van der Waals surface area contributed by atoms with Crippen LogP contribution in [0.5, 0.6) is 0 Å². The number of nitrogens with zero attached hydrogens (tertiary/aromatic N) is 2. The molecular weight excluding hydrogens is 422 g/mol. The van der Waals surface area contributed by atoms with Crippen LogP contribution in [0.15, 0.2) is 60.7 Å².